The highest BCUT2D eigenvalue weighted by atomic mass is 35.5. The predicted molar refractivity (Wildman–Crippen MR) is 81.5 cm³/mol. The first-order valence-corrected chi connectivity index (χ1v) is 7.43. The van der Waals surface area contributed by atoms with Gasteiger partial charge in [0, 0.05) is 29.9 Å². The molecule has 2 rings (SSSR count). The van der Waals surface area contributed by atoms with E-state index >= 15 is 0 Å². The number of carbonyl (C=O) groups is 1. The van der Waals surface area contributed by atoms with Gasteiger partial charge in [0.2, 0.25) is 0 Å². The Labute approximate surface area is 124 Å². The molecule has 0 radical (unpaired) electrons. The molecule has 0 aromatic heterocycles. The molecule has 0 bridgehead atoms. The number of hydrogen-bond donors (Lipinski definition) is 2. The molecule has 20 heavy (non-hydrogen) atoms. The maximum Gasteiger partial charge on any atom is 0.253 e. The summed E-state index contributed by atoms with van der Waals surface area (Å²) in [6.45, 7) is 5.48. The highest BCUT2D eigenvalue weighted by Crippen LogP contribution is 2.21. The van der Waals surface area contributed by atoms with Crippen LogP contribution in [0.1, 0.15) is 37.0 Å². The van der Waals surface area contributed by atoms with Gasteiger partial charge in [-0.15, -0.1) is 0 Å². The van der Waals surface area contributed by atoms with Crippen LogP contribution in [0.2, 0.25) is 5.02 Å². The van der Waals surface area contributed by atoms with E-state index in [1.807, 2.05) is 19.9 Å². The van der Waals surface area contributed by atoms with Gasteiger partial charge in [-0.3, -0.25) is 4.79 Å². The summed E-state index contributed by atoms with van der Waals surface area (Å²) >= 11 is 6.00. The summed E-state index contributed by atoms with van der Waals surface area (Å²) in [6, 6.07) is 5.50. The third-order valence-corrected chi connectivity index (χ3v) is 3.65. The predicted octanol–water partition coefficient (Wildman–Crippen LogP) is 3.07. The summed E-state index contributed by atoms with van der Waals surface area (Å²) in [7, 11) is 0. The zero-order chi connectivity index (χ0) is 14.5. The number of ether oxygens (including phenoxy) is 1. The Bertz CT molecular complexity index is 479. The fourth-order valence-corrected chi connectivity index (χ4v) is 2.61. The van der Waals surface area contributed by atoms with E-state index in [0.29, 0.717) is 17.2 Å². The molecule has 110 valence electrons. The zero-order valence-corrected chi connectivity index (χ0v) is 12.7. The van der Waals surface area contributed by atoms with Gasteiger partial charge in [-0.2, -0.15) is 0 Å². The van der Waals surface area contributed by atoms with Gasteiger partial charge in [0.1, 0.15) is 0 Å². The van der Waals surface area contributed by atoms with E-state index in [9.17, 15) is 4.79 Å². The number of carbonyl (C=O) groups excluding carboxylic acids is 1. The van der Waals surface area contributed by atoms with E-state index in [2.05, 4.69) is 10.6 Å². The molecule has 4 nitrogen and oxygen atoms in total. The van der Waals surface area contributed by atoms with Gasteiger partial charge in [0.15, 0.2) is 0 Å². The van der Waals surface area contributed by atoms with Crippen molar-refractivity contribution in [3.8, 4) is 0 Å². The average Bonchev–Trinajstić information content (AvgIpc) is 2.41. The smallest absolute Gasteiger partial charge is 0.253 e. The first-order chi connectivity index (χ1) is 9.60. The number of benzene rings is 1. The monoisotopic (exact) mass is 296 g/mol. The van der Waals surface area contributed by atoms with Crippen molar-refractivity contribution in [3.63, 3.8) is 0 Å². The molecule has 1 heterocycles. The molecule has 1 aliphatic heterocycles. The van der Waals surface area contributed by atoms with E-state index in [4.69, 9.17) is 16.3 Å². The van der Waals surface area contributed by atoms with Gasteiger partial charge in [0.25, 0.3) is 5.91 Å². The molecule has 2 unspecified atom stereocenters. The summed E-state index contributed by atoms with van der Waals surface area (Å²) in [5.41, 5.74) is 1.41. The van der Waals surface area contributed by atoms with Gasteiger partial charge in [0.05, 0.1) is 11.7 Å². The van der Waals surface area contributed by atoms with Gasteiger partial charge in [-0.1, -0.05) is 11.6 Å². The van der Waals surface area contributed by atoms with Crippen molar-refractivity contribution < 1.29 is 9.53 Å². The lowest BCUT2D eigenvalue weighted by Crippen LogP contribution is -2.41. The third kappa shape index (κ3) is 3.87. The maximum absolute atomic E-state index is 12.4. The molecule has 1 saturated heterocycles. The van der Waals surface area contributed by atoms with Gasteiger partial charge in [-0.05, 0) is 44.9 Å². The number of rotatable bonds is 4. The van der Waals surface area contributed by atoms with E-state index in [-0.39, 0.29) is 18.1 Å². The Morgan fingerprint density at radius 2 is 2.30 bits per heavy atom. The van der Waals surface area contributed by atoms with E-state index in [1.165, 1.54) is 0 Å². The number of halogens is 1. The minimum atomic E-state index is -0.0810. The average molecular weight is 297 g/mol. The van der Waals surface area contributed by atoms with Crippen molar-refractivity contribution >= 4 is 23.2 Å². The summed E-state index contributed by atoms with van der Waals surface area (Å²) < 4.78 is 5.49. The number of hydrogen-bond acceptors (Lipinski definition) is 3. The molecule has 0 saturated carbocycles. The Kier molecular flexibility index (Phi) is 5.26. The molecule has 1 aromatic rings. The van der Waals surface area contributed by atoms with Gasteiger partial charge >= 0.3 is 0 Å². The SMILES string of the molecule is CCNc1ccc(Cl)cc1C(=O)NC1CCOC(C)C1. The minimum Gasteiger partial charge on any atom is -0.385 e. The van der Waals surface area contributed by atoms with E-state index in [1.54, 1.807) is 12.1 Å². The normalized spacial score (nSPS) is 22.4. The molecule has 0 spiro atoms. The van der Waals surface area contributed by atoms with Crippen LogP contribution < -0.4 is 10.6 Å². The second-order valence-corrected chi connectivity index (χ2v) is 5.53. The quantitative estimate of drug-likeness (QED) is 0.898. The molecular formula is C15H21ClN2O2. The maximum atomic E-state index is 12.4. The minimum absolute atomic E-state index is 0.0810. The van der Waals surface area contributed by atoms with Gasteiger partial charge < -0.3 is 15.4 Å². The third-order valence-electron chi connectivity index (χ3n) is 3.41. The Balaban J connectivity index is 2.09. The molecule has 5 heteroatoms. The molecular weight excluding hydrogens is 276 g/mol. The first kappa shape index (κ1) is 15.1. The fourth-order valence-electron chi connectivity index (χ4n) is 2.44. The Hall–Kier alpha value is -1.26. The number of amides is 1. The standard InChI is InChI=1S/C15H21ClN2O2/c1-3-17-14-5-4-11(16)9-13(14)15(19)18-12-6-7-20-10(2)8-12/h4-5,9-10,12,17H,3,6-8H2,1-2H3,(H,18,19). The van der Waals surface area contributed by atoms with E-state index < -0.39 is 0 Å². The molecule has 2 atom stereocenters. The zero-order valence-electron chi connectivity index (χ0n) is 11.9. The molecule has 1 fully saturated rings. The van der Waals surface area contributed by atoms with Crippen molar-refractivity contribution in [1.29, 1.82) is 0 Å². The lowest BCUT2D eigenvalue weighted by molar-refractivity contribution is 0.0137. The molecule has 2 N–H and O–H groups in total. The highest BCUT2D eigenvalue weighted by Gasteiger charge is 2.22. The molecule has 1 aliphatic rings. The van der Waals surface area contributed by atoms with Crippen LogP contribution in [-0.4, -0.2) is 31.2 Å². The second kappa shape index (κ2) is 6.95. The first-order valence-electron chi connectivity index (χ1n) is 7.06. The molecule has 1 amide bonds. The topological polar surface area (TPSA) is 50.4 Å². The lowest BCUT2D eigenvalue weighted by atomic mass is 10.0. The van der Waals surface area contributed by atoms with Crippen molar-refractivity contribution in [2.24, 2.45) is 0 Å². The summed E-state index contributed by atoms with van der Waals surface area (Å²) in [5.74, 6) is -0.0810. The lowest BCUT2D eigenvalue weighted by Gasteiger charge is -2.28. The van der Waals surface area contributed by atoms with Crippen molar-refractivity contribution in [2.75, 3.05) is 18.5 Å². The van der Waals surface area contributed by atoms with Crippen LogP contribution in [0.15, 0.2) is 18.2 Å². The summed E-state index contributed by atoms with van der Waals surface area (Å²) in [5, 5.41) is 6.83. The summed E-state index contributed by atoms with van der Waals surface area (Å²) in [6.07, 6.45) is 1.90. The van der Waals surface area contributed by atoms with Crippen LogP contribution >= 0.6 is 11.6 Å². The second-order valence-electron chi connectivity index (χ2n) is 5.10. The fraction of sp³-hybridized carbons (Fsp3) is 0.533. The molecule has 0 aliphatic carbocycles. The molecule has 1 aromatic carbocycles. The van der Waals surface area contributed by atoms with Crippen LogP contribution in [-0.2, 0) is 4.74 Å². The van der Waals surface area contributed by atoms with Gasteiger partial charge in [-0.25, -0.2) is 0 Å². The Morgan fingerprint density at radius 1 is 1.50 bits per heavy atom. The van der Waals surface area contributed by atoms with Crippen LogP contribution in [0.3, 0.4) is 0 Å². The highest BCUT2D eigenvalue weighted by molar-refractivity contribution is 6.31. The van der Waals surface area contributed by atoms with Crippen LogP contribution in [0, 0.1) is 0 Å². The summed E-state index contributed by atoms with van der Waals surface area (Å²) in [4.78, 5) is 12.4. The number of nitrogens with one attached hydrogen (secondary N) is 2. The van der Waals surface area contributed by atoms with Crippen molar-refractivity contribution in [1.82, 2.24) is 5.32 Å². The van der Waals surface area contributed by atoms with E-state index in [0.717, 1.165) is 25.1 Å². The van der Waals surface area contributed by atoms with Crippen LogP contribution in [0.25, 0.3) is 0 Å². The number of anilines is 1. The largest absolute Gasteiger partial charge is 0.385 e. The van der Waals surface area contributed by atoms with Crippen LogP contribution in [0.4, 0.5) is 5.69 Å². The van der Waals surface area contributed by atoms with Crippen molar-refractivity contribution in [2.45, 2.75) is 38.8 Å². The van der Waals surface area contributed by atoms with Crippen LogP contribution in [0.5, 0.6) is 0 Å². The van der Waals surface area contributed by atoms with Crippen molar-refractivity contribution in [3.05, 3.63) is 28.8 Å². The Morgan fingerprint density at radius 3 is 3.00 bits per heavy atom.